The van der Waals surface area contributed by atoms with E-state index in [2.05, 4.69) is 28.4 Å². The maximum absolute atomic E-state index is 7.13. The number of nitrogens with zero attached hydrogens (tertiary/aromatic N) is 3. The Balaban J connectivity index is 4.05. The van der Waals surface area contributed by atoms with E-state index in [1.165, 1.54) is 0 Å². The van der Waals surface area contributed by atoms with Crippen LogP contribution < -0.4 is 0 Å². The molecule has 3 heteroatoms. The second kappa shape index (κ2) is 9.49. The summed E-state index contributed by atoms with van der Waals surface area (Å²) in [6.45, 7) is 20.5. The predicted octanol–water partition coefficient (Wildman–Crippen LogP) is 3.05. The fraction of sp³-hybridized carbons (Fsp3) is 0.833. The fourth-order valence-corrected chi connectivity index (χ4v) is 1.56. The van der Waals surface area contributed by atoms with Crippen LogP contribution in [0.15, 0.2) is 0 Å². The molecule has 0 amide bonds. The van der Waals surface area contributed by atoms with Crippen LogP contribution in [-0.2, 0) is 0 Å². The van der Waals surface area contributed by atoms with Gasteiger partial charge in [0.15, 0.2) is 0 Å². The molecule has 3 nitrogen and oxygen atoms in total. The van der Waals surface area contributed by atoms with Gasteiger partial charge in [-0.1, -0.05) is 20.3 Å². The molecule has 0 radical (unpaired) electrons. The van der Waals surface area contributed by atoms with E-state index in [4.69, 9.17) is 13.1 Å². The Morgan fingerprint density at radius 1 is 1.13 bits per heavy atom. The second-order valence-electron chi connectivity index (χ2n) is 3.64. The summed E-state index contributed by atoms with van der Waals surface area (Å²) in [7, 11) is 0. The topological polar surface area (TPSA) is 12.0 Å². The van der Waals surface area contributed by atoms with Gasteiger partial charge >= 0.3 is 0 Å². The average molecular weight is 207 g/mol. The number of unbranched alkanes of at least 4 members (excludes halogenated alkanes) is 1. The van der Waals surface area contributed by atoms with Crippen molar-refractivity contribution < 1.29 is 0 Å². The Morgan fingerprint density at radius 3 is 2.27 bits per heavy atom. The molecule has 0 N–H and O–H groups in total. The molecule has 0 fully saturated rings. The first-order valence-corrected chi connectivity index (χ1v) is 5.73. The first kappa shape index (κ1) is 13.9. The van der Waals surface area contributed by atoms with Crippen LogP contribution in [0, 0.1) is 13.1 Å². The van der Waals surface area contributed by atoms with Crippen LogP contribution in [0.1, 0.15) is 39.5 Å². The van der Waals surface area contributed by atoms with Crippen molar-refractivity contribution in [2.24, 2.45) is 0 Å². The number of rotatable bonds is 8. The first-order chi connectivity index (χ1) is 7.29. The molecule has 0 aliphatic rings. The zero-order valence-corrected chi connectivity index (χ0v) is 9.87. The Labute approximate surface area is 93.7 Å². The van der Waals surface area contributed by atoms with Crippen LogP contribution in [0.4, 0.5) is 0 Å². The standard InChI is InChI=1S/C12H21N3/c1-5-7-10-15(11-8-9-13-3)12(6-2)14-4/h12H,5-11H2,1-2H3/t12-/m1/s1. The predicted molar refractivity (Wildman–Crippen MR) is 63.2 cm³/mol. The molecule has 15 heavy (non-hydrogen) atoms. The molecule has 0 aliphatic carbocycles. The summed E-state index contributed by atoms with van der Waals surface area (Å²) in [5.74, 6) is 0. The van der Waals surface area contributed by atoms with Crippen LogP contribution in [-0.4, -0.2) is 30.7 Å². The third-order valence-electron chi connectivity index (χ3n) is 2.45. The molecule has 0 saturated heterocycles. The highest BCUT2D eigenvalue weighted by Crippen LogP contribution is 2.08. The highest BCUT2D eigenvalue weighted by molar-refractivity contribution is 4.79. The second-order valence-corrected chi connectivity index (χ2v) is 3.64. The van der Waals surface area contributed by atoms with Crippen LogP contribution >= 0.6 is 0 Å². The van der Waals surface area contributed by atoms with Gasteiger partial charge in [0.1, 0.15) is 0 Å². The molecule has 0 aromatic carbocycles. The molecule has 1 atom stereocenters. The maximum atomic E-state index is 7.13. The minimum Gasteiger partial charge on any atom is -0.317 e. The zero-order valence-electron chi connectivity index (χ0n) is 9.87. The minimum atomic E-state index is 0.0160. The average Bonchev–Trinajstić information content (AvgIpc) is 2.26. The molecule has 0 spiro atoms. The summed E-state index contributed by atoms with van der Waals surface area (Å²) >= 11 is 0. The monoisotopic (exact) mass is 207 g/mol. The van der Waals surface area contributed by atoms with Gasteiger partial charge in [-0.3, -0.25) is 4.85 Å². The lowest BCUT2D eigenvalue weighted by molar-refractivity contribution is 0.219. The van der Waals surface area contributed by atoms with Crippen LogP contribution in [0.5, 0.6) is 0 Å². The molecule has 0 bridgehead atoms. The lowest BCUT2D eigenvalue weighted by atomic mass is 10.2. The zero-order chi connectivity index (χ0) is 11.5. The lowest BCUT2D eigenvalue weighted by Crippen LogP contribution is -2.34. The Hall–Kier alpha value is -1.06. The van der Waals surface area contributed by atoms with Gasteiger partial charge in [-0.2, -0.15) is 0 Å². The van der Waals surface area contributed by atoms with E-state index < -0.39 is 0 Å². The van der Waals surface area contributed by atoms with Gasteiger partial charge in [0, 0.05) is 25.9 Å². The van der Waals surface area contributed by atoms with Crippen molar-refractivity contribution in [2.45, 2.75) is 45.7 Å². The van der Waals surface area contributed by atoms with Gasteiger partial charge in [0.25, 0.3) is 6.17 Å². The van der Waals surface area contributed by atoms with Crippen LogP contribution in [0.25, 0.3) is 9.69 Å². The van der Waals surface area contributed by atoms with E-state index in [1.807, 2.05) is 0 Å². The summed E-state index contributed by atoms with van der Waals surface area (Å²) in [6.07, 6.45) is 4.09. The fourth-order valence-electron chi connectivity index (χ4n) is 1.56. The van der Waals surface area contributed by atoms with Gasteiger partial charge < -0.3 is 4.85 Å². The summed E-state index contributed by atoms with van der Waals surface area (Å²) in [5, 5.41) is 0. The van der Waals surface area contributed by atoms with Gasteiger partial charge in [-0.05, 0) is 6.42 Å². The third-order valence-corrected chi connectivity index (χ3v) is 2.45. The highest BCUT2D eigenvalue weighted by Gasteiger charge is 2.19. The number of hydrogen-bond donors (Lipinski definition) is 0. The molecule has 0 saturated carbocycles. The van der Waals surface area contributed by atoms with E-state index in [0.717, 1.165) is 38.8 Å². The van der Waals surface area contributed by atoms with Crippen LogP contribution in [0.3, 0.4) is 0 Å². The Kier molecular flexibility index (Phi) is 8.82. The molecule has 84 valence electrons. The van der Waals surface area contributed by atoms with Gasteiger partial charge in [-0.25, -0.2) is 18.0 Å². The molecule has 0 aromatic heterocycles. The normalized spacial score (nSPS) is 12.1. The number of hydrogen-bond acceptors (Lipinski definition) is 1. The Bertz CT molecular complexity index is 224. The molecule has 0 aromatic rings. The first-order valence-electron chi connectivity index (χ1n) is 5.73. The molecule has 0 aliphatic heterocycles. The Morgan fingerprint density at radius 2 is 1.80 bits per heavy atom. The van der Waals surface area contributed by atoms with Crippen LogP contribution in [0.2, 0.25) is 0 Å². The smallest absolute Gasteiger partial charge is 0.279 e. The van der Waals surface area contributed by atoms with Gasteiger partial charge in [0.2, 0.25) is 6.54 Å². The molecule has 0 heterocycles. The van der Waals surface area contributed by atoms with Crippen molar-refractivity contribution >= 4 is 0 Å². The molecule has 0 unspecified atom stereocenters. The van der Waals surface area contributed by atoms with E-state index in [9.17, 15) is 0 Å². The van der Waals surface area contributed by atoms with Crippen molar-refractivity contribution in [3.63, 3.8) is 0 Å². The molecule has 0 rings (SSSR count). The van der Waals surface area contributed by atoms with Crippen molar-refractivity contribution in [1.82, 2.24) is 4.90 Å². The van der Waals surface area contributed by atoms with Crippen molar-refractivity contribution in [3.05, 3.63) is 22.8 Å². The third kappa shape index (κ3) is 6.10. The maximum Gasteiger partial charge on any atom is 0.279 e. The largest absolute Gasteiger partial charge is 0.317 e. The quantitative estimate of drug-likeness (QED) is 0.440. The van der Waals surface area contributed by atoms with E-state index >= 15 is 0 Å². The summed E-state index contributed by atoms with van der Waals surface area (Å²) < 4.78 is 0. The van der Waals surface area contributed by atoms with Gasteiger partial charge in [0.05, 0.1) is 0 Å². The van der Waals surface area contributed by atoms with E-state index in [1.54, 1.807) is 0 Å². The summed E-state index contributed by atoms with van der Waals surface area (Å²) in [5.41, 5.74) is 0. The molecular weight excluding hydrogens is 186 g/mol. The highest BCUT2D eigenvalue weighted by atomic mass is 15.2. The summed E-state index contributed by atoms with van der Waals surface area (Å²) in [6, 6.07) is 0. The van der Waals surface area contributed by atoms with Crippen molar-refractivity contribution in [2.75, 3.05) is 19.6 Å². The van der Waals surface area contributed by atoms with Crippen molar-refractivity contribution in [3.8, 4) is 0 Å². The summed E-state index contributed by atoms with van der Waals surface area (Å²) in [4.78, 5) is 9.21. The van der Waals surface area contributed by atoms with Gasteiger partial charge in [-0.15, -0.1) is 0 Å². The van der Waals surface area contributed by atoms with E-state index in [0.29, 0.717) is 6.54 Å². The SMILES string of the molecule is [C-]#[N+]CCCN(CCCC)[C@H](CC)[N+]#[C-]. The molecular formula is C12H21N3. The minimum absolute atomic E-state index is 0.0160. The lowest BCUT2D eigenvalue weighted by Gasteiger charge is -2.21. The van der Waals surface area contributed by atoms with E-state index in [-0.39, 0.29) is 6.17 Å². The van der Waals surface area contributed by atoms with Crippen molar-refractivity contribution in [1.29, 1.82) is 0 Å².